The number of benzene rings is 1. The standard InChI is InChI=1S/C13H13ClN4O5/c1-16-10(6-11(19)17(2)13(16)21)15-12(20)8-5-7(14)3-4-9(8)18(22)23/h3-5,10H,6H2,1-2H3,(H,15,20). The smallest absolute Gasteiger partial charge is 0.327 e. The molecule has 1 aliphatic rings. The zero-order valence-electron chi connectivity index (χ0n) is 12.3. The average Bonchev–Trinajstić information content (AvgIpc) is 2.50. The fourth-order valence-electron chi connectivity index (χ4n) is 2.14. The highest BCUT2D eigenvalue weighted by Gasteiger charge is 2.36. The first-order valence-electron chi connectivity index (χ1n) is 6.50. The Kier molecular flexibility index (Phi) is 4.50. The van der Waals surface area contributed by atoms with Crippen LogP contribution < -0.4 is 5.32 Å². The molecule has 1 fully saturated rings. The number of carbonyl (C=O) groups excluding carboxylic acids is 3. The van der Waals surface area contributed by atoms with Crippen LogP contribution in [0, 0.1) is 10.1 Å². The van der Waals surface area contributed by atoms with Crippen molar-refractivity contribution in [3.63, 3.8) is 0 Å². The third-order valence-corrected chi connectivity index (χ3v) is 3.73. The van der Waals surface area contributed by atoms with Gasteiger partial charge in [-0.3, -0.25) is 24.6 Å². The lowest BCUT2D eigenvalue weighted by molar-refractivity contribution is -0.385. The summed E-state index contributed by atoms with van der Waals surface area (Å²) in [4.78, 5) is 48.2. The van der Waals surface area contributed by atoms with Crippen molar-refractivity contribution < 1.29 is 19.3 Å². The van der Waals surface area contributed by atoms with Gasteiger partial charge in [-0.05, 0) is 12.1 Å². The molecule has 4 amide bonds. The molecule has 0 aliphatic carbocycles. The Morgan fingerprint density at radius 1 is 1.39 bits per heavy atom. The Hall–Kier alpha value is -2.68. The molecule has 0 bridgehead atoms. The molecule has 1 N–H and O–H groups in total. The minimum absolute atomic E-state index is 0.126. The normalized spacial score (nSPS) is 18.1. The van der Waals surface area contributed by atoms with E-state index in [-0.39, 0.29) is 17.0 Å². The molecule has 9 nitrogen and oxygen atoms in total. The molecule has 1 aliphatic heterocycles. The Bertz CT molecular complexity index is 708. The summed E-state index contributed by atoms with van der Waals surface area (Å²) in [7, 11) is 2.75. The maximum Gasteiger partial charge on any atom is 0.327 e. The van der Waals surface area contributed by atoms with Crippen molar-refractivity contribution in [2.24, 2.45) is 0 Å². The predicted octanol–water partition coefficient (Wildman–Crippen LogP) is 1.22. The van der Waals surface area contributed by atoms with Gasteiger partial charge >= 0.3 is 6.03 Å². The zero-order valence-corrected chi connectivity index (χ0v) is 13.0. The van der Waals surface area contributed by atoms with Crippen molar-refractivity contribution >= 4 is 35.1 Å². The van der Waals surface area contributed by atoms with E-state index in [1.807, 2.05) is 0 Å². The van der Waals surface area contributed by atoms with E-state index >= 15 is 0 Å². The number of hydrogen-bond donors (Lipinski definition) is 1. The summed E-state index contributed by atoms with van der Waals surface area (Å²) in [6.45, 7) is 0. The molecule has 2 rings (SSSR count). The van der Waals surface area contributed by atoms with Crippen molar-refractivity contribution in [2.45, 2.75) is 12.6 Å². The highest BCUT2D eigenvalue weighted by Crippen LogP contribution is 2.23. The number of nitro groups is 1. The van der Waals surface area contributed by atoms with E-state index in [2.05, 4.69) is 5.32 Å². The summed E-state index contributed by atoms with van der Waals surface area (Å²) in [5, 5.41) is 13.6. The number of nitrogens with zero attached hydrogens (tertiary/aromatic N) is 3. The van der Waals surface area contributed by atoms with E-state index in [1.54, 1.807) is 0 Å². The van der Waals surface area contributed by atoms with Crippen molar-refractivity contribution in [3.05, 3.63) is 38.9 Å². The van der Waals surface area contributed by atoms with Crippen LogP contribution in [0.3, 0.4) is 0 Å². The molecule has 1 unspecified atom stereocenters. The lowest BCUT2D eigenvalue weighted by Crippen LogP contribution is -2.59. The molecule has 10 heteroatoms. The maximum atomic E-state index is 12.3. The average molecular weight is 341 g/mol. The fourth-order valence-corrected chi connectivity index (χ4v) is 2.31. The van der Waals surface area contributed by atoms with E-state index in [0.717, 1.165) is 17.0 Å². The third kappa shape index (κ3) is 3.24. The summed E-state index contributed by atoms with van der Waals surface area (Å²) in [5.41, 5.74) is -0.658. The van der Waals surface area contributed by atoms with Crippen molar-refractivity contribution in [2.75, 3.05) is 14.1 Å². The molecule has 1 saturated heterocycles. The van der Waals surface area contributed by atoms with Gasteiger partial charge < -0.3 is 10.2 Å². The lowest BCUT2D eigenvalue weighted by Gasteiger charge is -2.36. The zero-order chi connectivity index (χ0) is 17.3. The molecule has 1 heterocycles. The molecular formula is C13H13ClN4O5. The fraction of sp³-hybridized carbons (Fsp3) is 0.308. The van der Waals surface area contributed by atoms with E-state index in [1.165, 1.54) is 25.1 Å². The Balaban J connectivity index is 2.26. The topological polar surface area (TPSA) is 113 Å². The van der Waals surface area contributed by atoms with Crippen LogP contribution in [0.25, 0.3) is 0 Å². The van der Waals surface area contributed by atoms with Gasteiger partial charge in [0, 0.05) is 25.2 Å². The van der Waals surface area contributed by atoms with Gasteiger partial charge in [0.1, 0.15) is 11.7 Å². The molecule has 0 spiro atoms. The number of hydrogen-bond acceptors (Lipinski definition) is 5. The molecular weight excluding hydrogens is 328 g/mol. The number of halogens is 1. The van der Waals surface area contributed by atoms with Crippen molar-refractivity contribution in [1.82, 2.24) is 15.1 Å². The highest BCUT2D eigenvalue weighted by atomic mass is 35.5. The summed E-state index contributed by atoms with van der Waals surface area (Å²) in [6, 6.07) is 3.00. The summed E-state index contributed by atoms with van der Waals surface area (Å²) in [5.74, 6) is -1.25. The van der Waals surface area contributed by atoms with E-state index < -0.39 is 34.6 Å². The number of imide groups is 1. The second-order valence-corrected chi connectivity index (χ2v) is 5.39. The van der Waals surface area contributed by atoms with Gasteiger partial charge in [-0.25, -0.2) is 4.79 Å². The molecule has 122 valence electrons. The van der Waals surface area contributed by atoms with E-state index in [0.29, 0.717) is 0 Å². The highest BCUT2D eigenvalue weighted by molar-refractivity contribution is 6.31. The second kappa shape index (κ2) is 6.21. The van der Waals surface area contributed by atoms with Crippen LogP contribution in [0.1, 0.15) is 16.8 Å². The van der Waals surface area contributed by atoms with Crippen LogP contribution in [-0.4, -0.2) is 52.8 Å². The van der Waals surface area contributed by atoms with Gasteiger partial charge in [0.25, 0.3) is 11.6 Å². The molecule has 0 radical (unpaired) electrons. The number of rotatable bonds is 3. The van der Waals surface area contributed by atoms with Crippen molar-refractivity contribution in [3.8, 4) is 0 Å². The Morgan fingerprint density at radius 3 is 2.65 bits per heavy atom. The van der Waals surface area contributed by atoms with Gasteiger partial charge in [0.05, 0.1) is 11.3 Å². The molecule has 0 saturated carbocycles. The minimum atomic E-state index is -0.891. The van der Waals surface area contributed by atoms with Crippen LogP contribution in [0.15, 0.2) is 18.2 Å². The van der Waals surface area contributed by atoms with Crippen molar-refractivity contribution in [1.29, 1.82) is 0 Å². The van der Waals surface area contributed by atoms with Gasteiger partial charge in [-0.1, -0.05) is 11.6 Å². The van der Waals surface area contributed by atoms with Crippen LogP contribution in [0.2, 0.25) is 5.02 Å². The Labute approximate surface area is 135 Å². The lowest BCUT2D eigenvalue weighted by atomic mass is 10.1. The van der Waals surface area contributed by atoms with E-state index in [4.69, 9.17) is 11.6 Å². The minimum Gasteiger partial charge on any atom is -0.331 e. The number of nitro benzene ring substituents is 1. The van der Waals surface area contributed by atoms with Gasteiger partial charge in [-0.15, -0.1) is 0 Å². The monoisotopic (exact) mass is 340 g/mol. The molecule has 1 aromatic rings. The summed E-state index contributed by atoms with van der Waals surface area (Å²) >= 11 is 5.77. The van der Waals surface area contributed by atoms with Crippen LogP contribution in [0.5, 0.6) is 0 Å². The van der Waals surface area contributed by atoms with Gasteiger partial charge in [0.2, 0.25) is 5.91 Å². The molecule has 1 atom stereocenters. The van der Waals surface area contributed by atoms with E-state index in [9.17, 15) is 24.5 Å². The SMILES string of the molecule is CN1C(=O)CC(NC(=O)c2cc(Cl)ccc2[N+](=O)[O-])N(C)C1=O. The number of urea groups is 1. The summed E-state index contributed by atoms with van der Waals surface area (Å²) < 4.78 is 0. The number of amides is 4. The third-order valence-electron chi connectivity index (χ3n) is 3.50. The number of carbonyl (C=O) groups is 3. The quantitative estimate of drug-likeness (QED) is 0.656. The molecule has 23 heavy (non-hydrogen) atoms. The first-order valence-corrected chi connectivity index (χ1v) is 6.88. The maximum absolute atomic E-state index is 12.3. The second-order valence-electron chi connectivity index (χ2n) is 4.96. The molecule has 0 aromatic heterocycles. The van der Waals surface area contributed by atoms with Gasteiger partial charge in [-0.2, -0.15) is 0 Å². The summed E-state index contributed by atoms with van der Waals surface area (Å²) in [6.07, 6.45) is -1.02. The predicted molar refractivity (Wildman–Crippen MR) is 79.9 cm³/mol. The first kappa shape index (κ1) is 16.7. The largest absolute Gasteiger partial charge is 0.331 e. The van der Waals surface area contributed by atoms with Crippen LogP contribution in [-0.2, 0) is 4.79 Å². The van der Waals surface area contributed by atoms with Crippen LogP contribution >= 0.6 is 11.6 Å². The van der Waals surface area contributed by atoms with Gasteiger partial charge in [0.15, 0.2) is 0 Å². The van der Waals surface area contributed by atoms with Crippen LogP contribution in [0.4, 0.5) is 10.5 Å². The molecule has 1 aromatic carbocycles. The number of nitrogens with one attached hydrogen (secondary N) is 1. The first-order chi connectivity index (χ1) is 10.7. The Morgan fingerprint density at radius 2 is 2.04 bits per heavy atom.